The van der Waals surface area contributed by atoms with Crippen molar-refractivity contribution < 1.29 is 4.79 Å². The van der Waals surface area contributed by atoms with Gasteiger partial charge in [-0.3, -0.25) is 9.69 Å². The van der Waals surface area contributed by atoms with Crippen molar-refractivity contribution in [2.75, 3.05) is 19.6 Å². The monoisotopic (exact) mass is 378 g/mol. The number of rotatable bonds is 5. The van der Waals surface area contributed by atoms with E-state index in [9.17, 15) is 4.79 Å². The van der Waals surface area contributed by atoms with Crippen LogP contribution in [-0.2, 0) is 0 Å². The first-order valence-corrected chi connectivity index (χ1v) is 8.86. The van der Waals surface area contributed by atoms with Gasteiger partial charge in [0.2, 0.25) is 0 Å². The Bertz CT molecular complexity index is 697. The molecule has 1 unspecified atom stereocenters. The van der Waals surface area contributed by atoms with Crippen molar-refractivity contribution in [3.8, 4) is 0 Å². The van der Waals surface area contributed by atoms with E-state index in [0.717, 1.165) is 13.1 Å². The van der Waals surface area contributed by atoms with Crippen LogP contribution in [0.5, 0.6) is 0 Å². The molecule has 1 aliphatic rings. The summed E-state index contributed by atoms with van der Waals surface area (Å²) in [5.41, 5.74) is 3.03. The molecule has 0 aliphatic carbocycles. The number of benzene rings is 2. The van der Waals surface area contributed by atoms with Gasteiger partial charge in [-0.2, -0.15) is 0 Å². The second kappa shape index (κ2) is 9.23. The fraction of sp³-hybridized carbons (Fsp3) is 0.350. The van der Waals surface area contributed by atoms with Crippen molar-refractivity contribution in [1.82, 2.24) is 10.2 Å². The molecule has 1 fully saturated rings. The molecular formula is C20H24Cl2N2O. The van der Waals surface area contributed by atoms with Gasteiger partial charge in [0.1, 0.15) is 0 Å². The summed E-state index contributed by atoms with van der Waals surface area (Å²) in [5.74, 6) is -0.114. The summed E-state index contributed by atoms with van der Waals surface area (Å²) >= 11 is 6.12. The van der Waals surface area contributed by atoms with Gasteiger partial charge in [0.15, 0.2) is 0 Å². The third kappa shape index (κ3) is 4.97. The zero-order valence-electron chi connectivity index (χ0n) is 14.4. The van der Waals surface area contributed by atoms with Crippen LogP contribution in [0.2, 0.25) is 5.02 Å². The zero-order valence-corrected chi connectivity index (χ0v) is 15.9. The van der Waals surface area contributed by atoms with Gasteiger partial charge in [0.25, 0.3) is 5.91 Å². The van der Waals surface area contributed by atoms with Crippen LogP contribution in [0.15, 0.2) is 48.5 Å². The van der Waals surface area contributed by atoms with Crippen molar-refractivity contribution >= 4 is 29.9 Å². The van der Waals surface area contributed by atoms with Gasteiger partial charge in [-0.15, -0.1) is 12.4 Å². The fourth-order valence-electron chi connectivity index (χ4n) is 3.23. The molecule has 5 heteroatoms. The molecule has 2 aromatic rings. The summed E-state index contributed by atoms with van der Waals surface area (Å²) in [6.45, 7) is 4.85. The van der Waals surface area contributed by atoms with Crippen molar-refractivity contribution in [3.05, 3.63) is 70.2 Å². The Morgan fingerprint density at radius 1 is 1.12 bits per heavy atom. The van der Waals surface area contributed by atoms with E-state index in [1.807, 2.05) is 12.1 Å². The van der Waals surface area contributed by atoms with Crippen LogP contribution < -0.4 is 5.32 Å². The first-order chi connectivity index (χ1) is 11.6. The summed E-state index contributed by atoms with van der Waals surface area (Å²) < 4.78 is 0. The average Bonchev–Trinajstić information content (AvgIpc) is 3.11. The van der Waals surface area contributed by atoms with Gasteiger partial charge in [0.05, 0.1) is 16.6 Å². The molecule has 0 aromatic heterocycles. The number of nitrogens with one attached hydrogen (secondary N) is 1. The standard InChI is InChI=1S/C20H23ClN2O.ClH/c1-15-8-10-16(11-9-15)19(23-12-4-5-13-23)14-22-20(24)17-6-2-3-7-18(17)21;/h2-3,6-11,19H,4-5,12-14H2,1H3,(H,22,24);1H. The van der Waals surface area contributed by atoms with Crippen LogP contribution in [0.25, 0.3) is 0 Å². The Labute approximate surface area is 160 Å². The summed E-state index contributed by atoms with van der Waals surface area (Å²) in [4.78, 5) is 14.9. The van der Waals surface area contributed by atoms with Crippen LogP contribution in [0.1, 0.15) is 40.4 Å². The largest absolute Gasteiger partial charge is 0.350 e. The third-order valence-electron chi connectivity index (χ3n) is 4.62. The topological polar surface area (TPSA) is 32.3 Å². The lowest BCUT2D eigenvalue weighted by atomic mass is 10.0. The summed E-state index contributed by atoms with van der Waals surface area (Å²) in [7, 11) is 0. The molecule has 0 saturated carbocycles. The molecule has 1 saturated heterocycles. The van der Waals surface area contributed by atoms with Gasteiger partial charge in [-0.05, 0) is 50.6 Å². The van der Waals surface area contributed by atoms with Crippen LogP contribution in [0.4, 0.5) is 0 Å². The minimum absolute atomic E-state index is 0. The zero-order chi connectivity index (χ0) is 16.9. The molecule has 2 aromatic carbocycles. The molecule has 1 heterocycles. The molecule has 134 valence electrons. The Hall–Kier alpha value is -1.55. The lowest BCUT2D eigenvalue weighted by molar-refractivity contribution is 0.0938. The smallest absolute Gasteiger partial charge is 0.252 e. The quantitative estimate of drug-likeness (QED) is 0.821. The highest BCUT2D eigenvalue weighted by atomic mass is 35.5. The lowest BCUT2D eigenvalue weighted by Gasteiger charge is -2.28. The molecule has 1 aliphatic heterocycles. The van der Waals surface area contributed by atoms with Crippen molar-refractivity contribution in [2.24, 2.45) is 0 Å². The minimum Gasteiger partial charge on any atom is -0.350 e. The van der Waals surface area contributed by atoms with E-state index in [-0.39, 0.29) is 24.4 Å². The fourth-order valence-corrected chi connectivity index (χ4v) is 3.45. The first-order valence-electron chi connectivity index (χ1n) is 8.48. The van der Waals surface area contributed by atoms with E-state index < -0.39 is 0 Å². The van der Waals surface area contributed by atoms with Crippen LogP contribution >= 0.6 is 24.0 Å². The number of carbonyl (C=O) groups excluding carboxylic acids is 1. The number of nitrogens with zero attached hydrogens (tertiary/aromatic N) is 1. The molecule has 1 N–H and O–H groups in total. The van der Waals surface area contributed by atoms with Crippen molar-refractivity contribution in [2.45, 2.75) is 25.8 Å². The summed E-state index contributed by atoms with van der Waals surface area (Å²) in [6.07, 6.45) is 2.45. The van der Waals surface area contributed by atoms with Crippen LogP contribution in [0, 0.1) is 6.92 Å². The summed E-state index contributed by atoms with van der Waals surface area (Å²) in [6, 6.07) is 16.0. The maximum Gasteiger partial charge on any atom is 0.252 e. The van der Waals surface area contributed by atoms with Crippen molar-refractivity contribution in [3.63, 3.8) is 0 Å². The van der Waals surface area contributed by atoms with E-state index >= 15 is 0 Å². The van der Waals surface area contributed by atoms with Crippen LogP contribution in [-0.4, -0.2) is 30.4 Å². The van der Waals surface area contributed by atoms with E-state index in [1.54, 1.807) is 12.1 Å². The van der Waals surface area contributed by atoms with Gasteiger partial charge in [-0.25, -0.2) is 0 Å². The summed E-state index contributed by atoms with van der Waals surface area (Å²) in [5, 5.41) is 3.55. The third-order valence-corrected chi connectivity index (χ3v) is 4.95. The number of hydrogen-bond donors (Lipinski definition) is 1. The first kappa shape index (κ1) is 19.8. The van der Waals surface area contributed by atoms with E-state index in [1.165, 1.54) is 24.0 Å². The average molecular weight is 379 g/mol. The Kier molecular flexibility index (Phi) is 7.30. The van der Waals surface area contributed by atoms with Crippen LogP contribution in [0.3, 0.4) is 0 Å². The Morgan fingerprint density at radius 3 is 2.40 bits per heavy atom. The maximum absolute atomic E-state index is 12.5. The highest BCUT2D eigenvalue weighted by Gasteiger charge is 2.24. The van der Waals surface area contributed by atoms with Gasteiger partial charge >= 0.3 is 0 Å². The number of amides is 1. The van der Waals surface area contributed by atoms with Gasteiger partial charge in [-0.1, -0.05) is 53.6 Å². The second-order valence-corrected chi connectivity index (χ2v) is 6.77. The van der Waals surface area contributed by atoms with E-state index in [2.05, 4.69) is 41.4 Å². The molecule has 1 atom stereocenters. The molecule has 3 rings (SSSR count). The minimum atomic E-state index is -0.114. The maximum atomic E-state index is 12.5. The molecule has 3 nitrogen and oxygen atoms in total. The number of aryl methyl sites for hydroxylation is 1. The molecule has 1 amide bonds. The predicted molar refractivity (Wildman–Crippen MR) is 106 cm³/mol. The normalized spacial score (nSPS) is 15.4. The van der Waals surface area contributed by atoms with Crippen molar-refractivity contribution in [1.29, 1.82) is 0 Å². The van der Waals surface area contributed by atoms with Gasteiger partial charge < -0.3 is 5.32 Å². The Morgan fingerprint density at radius 2 is 1.76 bits per heavy atom. The number of halogens is 2. The van der Waals surface area contributed by atoms with E-state index in [0.29, 0.717) is 17.1 Å². The molecule has 0 bridgehead atoms. The molecule has 0 radical (unpaired) electrons. The molecular weight excluding hydrogens is 355 g/mol. The highest BCUT2D eigenvalue weighted by Crippen LogP contribution is 2.25. The predicted octanol–water partition coefficient (Wildman–Crippen LogP) is 4.64. The van der Waals surface area contributed by atoms with Gasteiger partial charge in [0, 0.05) is 6.54 Å². The molecule has 25 heavy (non-hydrogen) atoms. The number of carbonyl (C=O) groups is 1. The number of likely N-dealkylation sites (tertiary alicyclic amines) is 1. The molecule has 0 spiro atoms. The SMILES string of the molecule is Cc1ccc(C(CNC(=O)c2ccccc2Cl)N2CCCC2)cc1.Cl. The second-order valence-electron chi connectivity index (χ2n) is 6.36. The Balaban J connectivity index is 0.00000225. The lowest BCUT2D eigenvalue weighted by Crippen LogP contribution is -2.36. The number of hydrogen-bond acceptors (Lipinski definition) is 2. The van der Waals surface area contributed by atoms with E-state index in [4.69, 9.17) is 11.6 Å². The highest BCUT2D eigenvalue weighted by molar-refractivity contribution is 6.33.